The molecule has 3 heteroatoms. The van der Waals surface area contributed by atoms with Crippen LogP contribution in [0.15, 0.2) is 0 Å². The van der Waals surface area contributed by atoms with Crippen molar-refractivity contribution in [2.24, 2.45) is 5.92 Å². The molecule has 3 fully saturated rings. The first kappa shape index (κ1) is 5.65. The van der Waals surface area contributed by atoms with Gasteiger partial charge in [-0.1, -0.05) is 0 Å². The number of rotatable bonds is 1. The molecule has 3 nitrogen and oxygen atoms in total. The van der Waals surface area contributed by atoms with Crippen molar-refractivity contribution >= 4 is 0 Å². The molecule has 2 aliphatic heterocycles. The van der Waals surface area contributed by atoms with E-state index in [1.165, 1.54) is 0 Å². The van der Waals surface area contributed by atoms with Crippen molar-refractivity contribution < 1.29 is 10.2 Å². The maximum atomic E-state index is 9.28. The van der Waals surface area contributed by atoms with Gasteiger partial charge in [0.25, 0.3) is 0 Å². The van der Waals surface area contributed by atoms with Crippen molar-refractivity contribution in [2.75, 3.05) is 6.61 Å². The summed E-state index contributed by atoms with van der Waals surface area (Å²) in [5.41, 5.74) is 0. The predicted molar refractivity (Wildman–Crippen MR) is 31.9 cm³/mol. The fraction of sp³-hybridized carbons (Fsp3) is 1.00. The first-order valence-electron chi connectivity index (χ1n) is 3.38. The largest absolute Gasteiger partial charge is 0.396 e. The van der Waals surface area contributed by atoms with Crippen LogP contribution in [0, 0.1) is 5.92 Å². The predicted octanol–water partition coefficient (Wildman–Crippen LogP) is -1.30. The molecule has 3 N–H and O–H groups in total. The number of hydrogen-bond acceptors (Lipinski definition) is 3. The Morgan fingerprint density at radius 3 is 2.33 bits per heavy atom. The molecule has 0 aromatic carbocycles. The summed E-state index contributed by atoms with van der Waals surface area (Å²) >= 11 is 0. The van der Waals surface area contributed by atoms with Crippen molar-refractivity contribution in [1.82, 2.24) is 5.32 Å². The van der Waals surface area contributed by atoms with Crippen LogP contribution in [0.2, 0.25) is 0 Å². The van der Waals surface area contributed by atoms with Gasteiger partial charge in [-0.3, -0.25) is 0 Å². The summed E-state index contributed by atoms with van der Waals surface area (Å²) in [5.74, 6) is 0.106. The SMILES string of the molecule is OCC1C2CC(N2)C1O. The smallest absolute Gasteiger partial charge is 0.0758 e. The molecular formula is C6H11NO2. The summed E-state index contributed by atoms with van der Waals surface area (Å²) in [6, 6.07) is 0.683. The first-order chi connectivity index (χ1) is 4.33. The van der Waals surface area contributed by atoms with Gasteiger partial charge in [-0.05, 0) is 6.42 Å². The third kappa shape index (κ3) is 0.569. The Hall–Kier alpha value is -0.120. The maximum Gasteiger partial charge on any atom is 0.0758 e. The van der Waals surface area contributed by atoms with E-state index in [4.69, 9.17) is 5.11 Å². The molecule has 3 aliphatic rings. The average molecular weight is 129 g/mol. The molecule has 2 heterocycles. The van der Waals surface area contributed by atoms with Crippen LogP contribution in [0.5, 0.6) is 0 Å². The Bertz CT molecular complexity index is 122. The Balaban J connectivity index is 2.08. The van der Waals surface area contributed by atoms with E-state index in [0.717, 1.165) is 6.42 Å². The maximum absolute atomic E-state index is 9.28. The molecule has 2 saturated heterocycles. The zero-order valence-electron chi connectivity index (χ0n) is 5.12. The van der Waals surface area contributed by atoms with Crippen molar-refractivity contribution in [2.45, 2.75) is 24.6 Å². The lowest BCUT2D eigenvalue weighted by atomic mass is 10.0. The summed E-state index contributed by atoms with van der Waals surface area (Å²) in [4.78, 5) is 0. The molecule has 9 heavy (non-hydrogen) atoms. The number of aliphatic hydroxyl groups excluding tert-OH is 2. The normalized spacial score (nSPS) is 55.3. The van der Waals surface area contributed by atoms with Gasteiger partial charge in [0.15, 0.2) is 0 Å². The van der Waals surface area contributed by atoms with Gasteiger partial charge in [-0.15, -0.1) is 0 Å². The first-order valence-corrected chi connectivity index (χ1v) is 3.38. The van der Waals surface area contributed by atoms with Crippen molar-refractivity contribution in [1.29, 1.82) is 0 Å². The van der Waals surface area contributed by atoms with Crippen LogP contribution in [0.3, 0.4) is 0 Å². The number of fused-ring (bicyclic) bond motifs is 1. The highest BCUT2D eigenvalue weighted by Gasteiger charge is 2.50. The van der Waals surface area contributed by atoms with E-state index < -0.39 is 0 Å². The molecule has 0 aromatic rings. The van der Waals surface area contributed by atoms with Gasteiger partial charge in [0, 0.05) is 24.6 Å². The molecule has 4 unspecified atom stereocenters. The van der Waals surface area contributed by atoms with E-state index in [9.17, 15) is 5.11 Å². The van der Waals surface area contributed by atoms with E-state index in [0.29, 0.717) is 6.04 Å². The lowest BCUT2D eigenvalue weighted by molar-refractivity contribution is 0.101. The van der Waals surface area contributed by atoms with Gasteiger partial charge >= 0.3 is 0 Å². The van der Waals surface area contributed by atoms with Crippen LogP contribution < -0.4 is 5.32 Å². The molecule has 2 bridgehead atoms. The Kier molecular flexibility index (Phi) is 1.06. The minimum Gasteiger partial charge on any atom is -0.396 e. The minimum absolute atomic E-state index is 0.106. The van der Waals surface area contributed by atoms with Gasteiger partial charge in [-0.2, -0.15) is 0 Å². The summed E-state index contributed by atoms with van der Waals surface area (Å²) < 4.78 is 0. The fourth-order valence-electron chi connectivity index (χ4n) is 1.83. The van der Waals surface area contributed by atoms with Gasteiger partial charge in [0.1, 0.15) is 0 Å². The number of nitrogens with one attached hydrogen (secondary N) is 1. The second kappa shape index (κ2) is 1.68. The van der Waals surface area contributed by atoms with Crippen LogP contribution in [0.4, 0.5) is 0 Å². The highest BCUT2D eigenvalue weighted by Crippen LogP contribution is 2.35. The molecule has 1 aliphatic carbocycles. The minimum atomic E-state index is -0.292. The van der Waals surface area contributed by atoms with Crippen LogP contribution in [-0.2, 0) is 0 Å². The van der Waals surface area contributed by atoms with E-state index in [1.807, 2.05) is 0 Å². The summed E-state index contributed by atoms with van der Waals surface area (Å²) in [5, 5.41) is 21.2. The molecule has 0 radical (unpaired) electrons. The Labute approximate surface area is 53.7 Å². The Morgan fingerprint density at radius 2 is 2.11 bits per heavy atom. The summed E-state index contributed by atoms with van der Waals surface area (Å²) in [7, 11) is 0. The fourth-order valence-corrected chi connectivity index (χ4v) is 1.83. The van der Waals surface area contributed by atoms with Gasteiger partial charge in [0.2, 0.25) is 0 Å². The second-order valence-corrected chi connectivity index (χ2v) is 2.95. The third-order valence-electron chi connectivity index (χ3n) is 2.51. The number of aliphatic hydroxyl groups is 2. The Morgan fingerprint density at radius 1 is 1.44 bits per heavy atom. The van der Waals surface area contributed by atoms with Crippen LogP contribution in [0.25, 0.3) is 0 Å². The van der Waals surface area contributed by atoms with E-state index in [1.54, 1.807) is 0 Å². The lowest BCUT2D eigenvalue weighted by Gasteiger charge is -2.26. The third-order valence-corrected chi connectivity index (χ3v) is 2.51. The van der Waals surface area contributed by atoms with Crippen molar-refractivity contribution in [3.05, 3.63) is 0 Å². The van der Waals surface area contributed by atoms with Gasteiger partial charge < -0.3 is 15.5 Å². The van der Waals surface area contributed by atoms with E-state index in [-0.39, 0.29) is 24.7 Å². The zero-order valence-corrected chi connectivity index (χ0v) is 5.12. The molecule has 4 atom stereocenters. The molecule has 0 spiro atoms. The summed E-state index contributed by atoms with van der Waals surface area (Å²) in [6.45, 7) is 0.120. The highest BCUT2D eigenvalue weighted by atomic mass is 16.3. The molecule has 0 amide bonds. The number of hydrogen-bond donors (Lipinski definition) is 3. The van der Waals surface area contributed by atoms with Gasteiger partial charge in [-0.25, -0.2) is 0 Å². The molecule has 52 valence electrons. The molecular weight excluding hydrogens is 118 g/mol. The topological polar surface area (TPSA) is 52.5 Å². The van der Waals surface area contributed by atoms with Crippen molar-refractivity contribution in [3.8, 4) is 0 Å². The summed E-state index contributed by atoms with van der Waals surface area (Å²) in [6.07, 6.45) is 0.756. The second-order valence-electron chi connectivity index (χ2n) is 2.95. The standard InChI is InChI=1S/C6H11NO2/c8-2-3-4-1-5(7-4)6(3)9/h3-9H,1-2H2. The highest BCUT2D eigenvalue weighted by molar-refractivity contribution is 5.08. The van der Waals surface area contributed by atoms with Crippen molar-refractivity contribution in [3.63, 3.8) is 0 Å². The van der Waals surface area contributed by atoms with Crippen LogP contribution in [0.1, 0.15) is 6.42 Å². The van der Waals surface area contributed by atoms with E-state index >= 15 is 0 Å². The quantitative estimate of drug-likeness (QED) is 0.412. The zero-order chi connectivity index (χ0) is 6.43. The molecule has 0 aromatic heterocycles. The monoisotopic (exact) mass is 129 g/mol. The molecule has 1 saturated carbocycles. The lowest BCUT2D eigenvalue weighted by Crippen LogP contribution is -2.46. The molecule has 3 rings (SSSR count). The average Bonchev–Trinajstić information content (AvgIpc) is 2.15. The van der Waals surface area contributed by atoms with Crippen LogP contribution >= 0.6 is 0 Å². The van der Waals surface area contributed by atoms with E-state index in [2.05, 4.69) is 5.32 Å². The van der Waals surface area contributed by atoms with Gasteiger partial charge in [0.05, 0.1) is 6.10 Å². The van der Waals surface area contributed by atoms with Crippen LogP contribution in [-0.4, -0.2) is 35.0 Å².